The van der Waals surface area contributed by atoms with Gasteiger partial charge in [-0.2, -0.15) is 0 Å². The maximum absolute atomic E-state index is 12.1. The second-order valence-corrected chi connectivity index (χ2v) is 6.51. The summed E-state index contributed by atoms with van der Waals surface area (Å²) in [7, 11) is 0. The number of carbonyl (C=O) groups excluding carboxylic acids is 4. The molecule has 2 rings (SSSR count). The van der Waals surface area contributed by atoms with E-state index in [4.69, 9.17) is 34.3 Å². The SMILES string of the molecule is CCOC(=O)CONC(=O)Cc1ccc2c(OC(=O)OCC)c(N)c(OC(=O)OCC)c-2cc1. The number of hydrogen-bond donors (Lipinski definition) is 2. The van der Waals surface area contributed by atoms with Crippen molar-refractivity contribution in [2.45, 2.75) is 27.2 Å². The molecule has 0 aromatic carbocycles. The molecule has 0 heterocycles. The van der Waals surface area contributed by atoms with Crippen molar-refractivity contribution in [2.75, 3.05) is 32.2 Å². The molecule has 34 heavy (non-hydrogen) atoms. The Balaban J connectivity index is 2.28. The number of fused-ring (bicyclic) bond motifs is 1. The van der Waals surface area contributed by atoms with Crippen molar-refractivity contribution in [3.8, 4) is 22.6 Å². The van der Waals surface area contributed by atoms with Crippen LogP contribution in [0.25, 0.3) is 11.1 Å². The van der Waals surface area contributed by atoms with Crippen LogP contribution in [-0.4, -0.2) is 50.6 Å². The molecule has 0 unspecified atom stereocenters. The van der Waals surface area contributed by atoms with Crippen molar-refractivity contribution in [1.82, 2.24) is 5.48 Å². The maximum Gasteiger partial charge on any atom is 0.513 e. The smallest absolute Gasteiger partial charge is 0.464 e. The Morgan fingerprint density at radius 2 is 1.29 bits per heavy atom. The third-order valence-corrected chi connectivity index (χ3v) is 4.14. The number of nitrogens with one attached hydrogen (secondary N) is 1. The number of anilines is 1. The highest BCUT2D eigenvalue weighted by Gasteiger charge is 2.28. The van der Waals surface area contributed by atoms with Gasteiger partial charge in [-0.05, 0) is 26.3 Å². The summed E-state index contributed by atoms with van der Waals surface area (Å²) in [4.78, 5) is 52.0. The van der Waals surface area contributed by atoms with Crippen LogP contribution in [0.1, 0.15) is 26.3 Å². The predicted octanol–water partition coefficient (Wildman–Crippen LogP) is 2.60. The molecule has 0 fully saturated rings. The summed E-state index contributed by atoms with van der Waals surface area (Å²) < 4.78 is 24.7. The highest BCUT2D eigenvalue weighted by Crippen LogP contribution is 2.50. The number of rotatable bonds is 10. The molecular formula is C22H26N2O10. The summed E-state index contributed by atoms with van der Waals surface area (Å²) in [6.07, 6.45) is -2.10. The van der Waals surface area contributed by atoms with Crippen LogP contribution in [0.2, 0.25) is 0 Å². The minimum Gasteiger partial charge on any atom is -0.464 e. The van der Waals surface area contributed by atoms with Crippen molar-refractivity contribution >= 4 is 29.9 Å². The van der Waals surface area contributed by atoms with Gasteiger partial charge in [0.25, 0.3) is 0 Å². The number of esters is 1. The summed E-state index contributed by atoms with van der Waals surface area (Å²) in [5, 5.41) is 0. The third kappa shape index (κ3) is 7.24. The monoisotopic (exact) mass is 478 g/mol. The molecule has 0 saturated heterocycles. The van der Waals surface area contributed by atoms with Crippen molar-refractivity contribution in [3.05, 3.63) is 29.8 Å². The summed E-state index contributed by atoms with van der Waals surface area (Å²) in [6.45, 7) is 4.78. The van der Waals surface area contributed by atoms with Crippen LogP contribution in [0.4, 0.5) is 15.3 Å². The van der Waals surface area contributed by atoms with Gasteiger partial charge in [-0.25, -0.2) is 19.9 Å². The van der Waals surface area contributed by atoms with Crippen LogP contribution >= 0.6 is 0 Å². The fourth-order valence-corrected chi connectivity index (χ4v) is 2.80. The molecule has 0 aromatic rings. The largest absolute Gasteiger partial charge is 0.513 e. The molecule has 2 aliphatic rings. The van der Waals surface area contributed by atoms with E-state index >= 15 is 0 Å². The van der Waals surface area contributed by atoms with E-state index in [-0.39, 0.29) is 43.4 Å². The second kappa shape index (κ2) is 12.8. The lowest BCUT2D eigenvalue weighted by Crippen LogP contribution is -2.28. The van der Waals surface area contributed by atoms with E-state index in [9.17, 15) is 19.2 Å². The highest BCUT2D eigenvalue weighted by molar-refractivity contribution is 5.95. The van der Waals surface area contributed by atoms with E-state index in [0.717, 1.165) is 0 Å². The number of hydrogen-bond acceptors (Lipinski definition) is 11. The number of ether oxygens (including phenoxy) is 5. The molecule has 0 radical (unpaired) electrons. The average molecular weight is 478 g/mol. The van der Waals surface area contributed by atoms with Gasteiger partial charge in [0.05, 0.1) is 26.2 Å². The molecule has 1 amide bonds. The van der Waals surface area contributed by atoms with Gasteiger partial charge in [0.1, 0.15) is 5.69 Å². The van der Waals surface area contributed by atoms with E-state index < -0.39 is 30.8 Å². The van der Waals surface area contributed by atoms with Gasteiger partial charge in [0.15, 0.2) is 18.1 Å². The van der Waals surface area contributed by atoms with Gasteiger partial charge < -0.3 is 29.4 Å². The zero-order valence-electron chi connectivity index (χ0n) is 19.0. The van der Waals surface area contributed by atoms with E-state index in [1.165, 1.54) is 0 Å². The molecule has 0 atom stereocenters. The van der Waals surface area contributed by atoms with Crippen LogP contribution in [0.15, 0.2) is 24.3 Å². The Bertz CT molecular complexity index is 950. The molecule has 0 aliphatic heterocycles. The van der Waals surface area contributed by atoms with Crippen molar-refractivity contribution < 1.29 is 47.7 Å². The van der Waals surface area contributed by atoms with Crippen LogP contribution in [0.3, 0.4) is 0 Å². The first-order chi connectivity index (χ1) is 16.3. The van der Waals surface area contributed by atoms with E-state index in [1.54, 1.807) is 45.0 Å². The highest BCUT2D eigenvalue weighted by atomic mass is 16.7. The first kappa shape index (κ1) is 26.2. The Morgan fingerprint density at radius 3 is 1.76 bits per heavy atom. The van der Waals surface area contributed by atoms with Gasteiger partial charge in [0.2, 0.25) is 5.91 Å². The second-order valence-electron chi connectivity index (χ2n) is 6.51. The topological polar surface area (TPSA) is 162 Å². The molecule has 2 aliphatic carbocycles. The Labute approximate surface area is 195 Å². The molecular weight excluding hydrogens is 452 g/mol. The third-order valence-electron chi connectivity index (χ3n) is 4.14. The van der Waals surface area contributed by atoms with E-state index in [2.05, 4.69) is 5.48 Å². The number of nitrogens with two attached hydrogens (primary N) is 1. The lowest BCUT2D eigenvalue weighted by Gasteiger charge is -2.06. The average Bonchev–Trinajstić information content (AvgIpc) is 2.90. The zero-order valence-corrected chi connectivity index (χ0v) is 19.0. The van der Waals surface area contributed by atoms with Gasteiger partial charge in [-0.15, -0.1) is 0 Å². The minimum atomic E-state index is -0.992. The number of carbonyl (C=O) groups is 4. The molecule has 3 N–H and O–H groups in total. The summed E-state index contributed by atoms with van der Waals surface area (Å²) in [5.74, 6) is -1.29. The number of nitrogen functional groups attached to an aromatic ring is 1. The fraction of sp³-hybridized carbons (Fsp3) is 0.364. The lowest BCUT2D eigenvalue weighted by atomic mass is 10.2. The molecule has 0 spiro atoms. The van der Waals surface area contributed by atoms with Gasteiger partial charge >= 0.3 is 18.3 Å². The lowest BCUT2D eigenvalue weighted by molar-refractivity contribution is -0.154. The van der Waals surface area contributed by atoms with Crippen molar-refractivity contribution in [1.29, 1.82) is 0 Å². The van der Waals surface area contributed by atoms with Gasteiger partial charge in [-0.3, -0.25) is 9.63 Å². The molecule has 0 bridgehead atoms. The minimum absolute atomic E-state index is 0.0721. The Kier molecular flexibility index (Phi) is 9.90. The predicted molar refractivity (Wildman–Crippen MR) is 117 cm³/mol. The van der Waals surface area contributed by atoms with Gasteiger partial charge in [-0.1, -0.05) is 24.3 Å². The molecule has 0 aromatic heterocycles. The van der Waals surface area contributed by atoms with E-state index in [0.29, 0.717) is 16.7 Å². The summed E-state index contributed by atoms with van der Waals surface area (Å²) in [6, 6.07) is 6.25. The zero-order chi connectivity index (χ0) is 25.1. The molecule has 12 nitrogen and oxygen atoms in total. The fourth-order valence-electron chi connectivity index (χ4n) is 2.80. The molecule has 12 heteroatoms. The standard InChI is InChI=1S/C22H26N2O10/c1-4-29-17(26)12-32-24-16(25)11-13-7-9-14-15(10-8-13)20(34-22(28)31-6-3)18(23)19(14)33-21(27)30-5-2/h7-10H,4-6,11-12,23H2,1-3H3,(H,24,25). The van der Waals surface area contributed by atoms with Crippen molar-refractivity contribution in [3.63, 3.8) is 0 Å². The molecule has 184 valence electrons. The van der Waals surface area contributed by atoms with Crippen LogP contribution in [0, 0.1) is 0 Å². The quantitative estimate of drug-likeness (QED) is 0.293. The maximum atomic E-state index is 12.1. The molecule has 0 saturated carbocycles. The summed E-state index contributed by atoms with van der Waals surface area (Å²) in [5.41, 5.74) is 9.31. The van der Waals surface area contributed by atoms with Crippen LogP contribution in [0.5, 0.6) is 11.5 Å². The van der Waals surface area contributed by atoms with E-state index in [1.807, 2.05) is 0 Å². The Hall–Kier alpha value is -4.06. The first-order valence-corrected chi connectivity index (χ1v) is 10.4. The Morgan fingerprint density at radius 1 is 0.794 bits per heavy atom. The summed E-state index contributed by atoms with van der Waals surface area (Å²) >= 11 is 0. The number of hydroxylamine groups is 1. The first-order valence-electron chi connectivity index (χ1n) is 10.4. The van der Waals surface area contributed by atoms with Gasteiger partial charge in [0, 0.05) is 11.1 Å². The normalized spacial score (nSPS) is 10.3. The van der Waals surface area contributed by atoms with Crippen molar-refractivity contribution in [2.24, 2.45) is 0 Å². The van der Waals surface area contributed by atoms with Crippen LogP contribution in [-0.2, 0) is 35.1 Å². The number of amides is 1. The van der Waals surface area contributed by atoms with Crippen LogP contribution < -0.4 is 20.7 Å².